The summed E-state index contributed by atoms with van der Waals surface area (Å²) in [7, 11) is 0. The number of halogens is 1. The van der Waals surface area contributed by atoms with Crippen molar-refractivity contribution in [2.45, 2.75) is 17.5 Å². The summed E-state index contributed by atoms with van der Waals surface area (Å²) in [6.07, 6.45) is 6.85. The van der Waals surface area contributed by atoms with Crippen LogP contribution >= 0.6 is 11.8 Å². The van der Waals surface area contributed by atoms with Gasteiger partial charge in [-0.2, -0.15) is 0 Å². The van der Waals surface area contributed by atoms with E-state index in [0.29, 0.717) is 18.2 Å². The maximum Gasteiger partial charge on any atom is 0.226 e. The number of thioether (sulfide) groups is 1. The Kier molecular flexibility index (Phi) is 5.29. The first kappa shape index (κ1) is 18.1. The molecular weight excluding hydrogens is 377 g/mol. The Hall–Kier alpha value is -3.26. The summed E-state index contributed by atoms with van der Waals surface area (Å²) < 4.78 is 20.6. The second-order valence-electron chi connectivity index (χ2n) is 5.88. The molecule has 4 rings (SSSR count). The summed E-state index contributed by atoms with van der Waals surface area (Å²) in [5.41, 5.74) is 2.44. The van der Waals surface area contributed by atoms with Crippen LogP contribution < -0.4 is 0 Å². The molecule has 0 radical (unpaired) electrons. The predicted octanol–water partition coefficient (Wildman–Crippen LogP) is 4.61. The first-order chi connectivity index (χ1) is 13.7. The van der Waals surface area contributed by atoms with Crippen LogP contribution in [0, 0.1) is 5.82 Å². The fraction of sp³-hybridized carbons (Fsp3) is 0.100. The van der Waals surface area contributed by atoms with Gasteiger partial charge >= 0.3 is 0 Å². The minimum absolute atomic E-state index is 0.294. The second-order valence-corrected chi connectivity index (χ2v) is 6.82. The Balaban J connectivity index is 1.52. The van der Waals surface area contributed by atoms with E-state index in [4.69, 9.17) is 4.42 Å². The van der Waals surface area contributed by atoms with E-state index < -0.39 is 0 Å². The molecular formula is C20H16FN5OS. The Morgan fingerprint density at radius 3 is 2.61 bits per heavy atom. The minimum Gasteiger partial charge on any atom is -0.444 e. The monoisotopic (exact) mass is 393 g/mol. The zero-order valence-electron chi connectivity index (χ0n) is 14.8. The number of nitrogens with zero attached hydrogens (tertiary/aromatic N) is 5. The number of benzene rings is 1. The molecule has 0 saturated heterocycles. The molecule has 0 unspecified atom stereocenters. The summed E-state index contributed by atoms with van der Waals surface area (Å²) in [6, 6.07) is 9.83. The molecule has 0 aliphatic heterocycles. The number of allylic oxidation sites excluding steroid dienone is 1. The maximum atomic E-state index is 13.1. The smallest absolute Gasteiger partial charge is 0.226 e. The van der Waals surface area contributed by atoms with Gasteiger partial charge in [0.2, 0.25) is 5.89 Å². The number of hydrogen-bond acceptors (Lipinski definition) is 6. The van der Waals surface area contributed by atoms with Crippen molar-refractivity contribution < 1.29 is 8.81 Å². The van der Waals surface area contributed by atoms with Crippen LogP contribution in [0.5, 0.6) is 0 Å². The lowest BCUT2D eigenvalue weighted by molar-refractivity contribution is 0.572. The Labute approximate surface area is 165 Å². The van der Waals surface area contributed by atoms with E-state index in [-0.39, 0.29) is 5.82 Å². The Morgan fingerprint density at radius 2 is 1.86 bits per heavy atom. The van der Waals surface area contributed by atoms with Crippen molar-refractivity contribution in [2.75, 3.05) is 0 Å². The van der Waals surface area contributed by atoms with Crippen LogP contribution in [0.2, 0.25) is 0 Å². The molecule has 1 aromatic carbocycles. The van der Waals surface area contributed by atoms with Gasteiger partial charge in [0.15, 0.2) is 11.0 Å². The van der Waals surface area contributed by atoms with Gasteiger partial charge in [-0.05, 0) is 36.4 Å². The average molecular weight is 393 g/mol. The Morgan fingerprint density at radius 1 is 1.07 bits per heavy atom. The molecule has 0 saturated carbocycles. The summed E-state index contributed by atoms with van der Waals surface area (Å²) in [4.78, 5) is 8.51. The Bertz CT molecular complexity index is 1080. The lowest BCUT2D eigenvalue weighted by Gasteiger charge is -2.06. The third kappa shape index (κ3) is 3.86. The maximum absolute atomic E-state index is 13.1. The topological polar surface area (TPSA) is 69.6 Å². The number of oxazole rings is 1. The number of pyridine rings is 1. The molecule has 140 valence electrons. The summed E-state index contributed by atoms with van der Waals surface area (Å²) >= 11 is 1.51. The predicted molar refractivity (Wildman–Crippen MR) is 105 cm³/mol. The number of hydrogen-bond donors (Lipinski definition) is 0. The van der Waals surface area contributed by atoms with Crippen LogP contribution in [0.15, 0.2) is 77.3 Å². The SMILES string of the molecule is C=CCn1c(SCc2coc(-c3ccc(F)cc3)n2)nnc1-c1ccncc1. The highest BCUT2D eigenvalue weighted by Crippen LogP contribution is 2.27. The average Bonchev–Trinajstić information content (AvgIpc) is 3.35. The van der Waals surface area contributed by atoms with Gasteiger partial charge in [0.05, 0.1) is 5.69 Å². The molecule has 3 heterocycles. The van der Waals surface area contributed by atoms with Crippen molar-refractivity contribution in [3.8, 4) is 22.8 Å². The molecule has 28 heavy (non-hydrogen) atoms. The fourth-order valence-electron chi connectivity index (χ4n) is 2.64. The van der Waals surface area contributed by atoms with E-state index in [1.807, 2.05) is 16.7 Å². The summed E-state index contributed by atoms with van der Waals surface area (Å²) in [5.74, 6) is 1.49. The third-order valence-corrected chi connectivity index (χ3v) is 4.96. The van der Waals surface area contributed by atoms with E-state index in [0.717, 1.165) is 27.8 Å². The van der Waals surface area contributed by atoms with Gasteiger partial charge in [0.25, 0.3) is 0 Å². The molecule has 6 nitrogen and oxygen atoms in total. The molecule has 0 spiro atoms. The highest BCUT2D eigenvalue weighted by Gasteiger charge is 2.15. The summed E-state index contributed by atoms with van der Waals surface area (Å²) in [5, 5.41) is 9.39. The van der Waals surface area contributed by atoms with Crippen LogP contribution in [-0.4, -0.2) is 24.7 Å². The lowest BCUT2D eigenvalue weighted by Crippen LogP contribution is -2.00. The molecule has 8 heteroatoms. The van der Waals surface area contributed by atoms with E-state index >= 15 is 0 Å². The molecule has 0 aliphatic carbocycles. The van der Waals surface area contributed by atoms with Gasteiger partial charge < -0.3 is 4.42 Å². The van der Waals surface area contributed by atoms with E-state index in [1.165, 1.54) is 23.9 Å². The largest absolute Gasteiger partial charge is 0.444 e. The molecule has 0 fully saturated rings. The third-order valence-electron chi connectivity index (χ3n) is 3.96. The van der Waals surface area contributed by atoms with Crippen molar-refractivity contribution in [3.63, 3.8) is 0 Å². The lowest BCUT2D eigenvalue weighted by atomic mass is 10.2. The zero-order chi connectivity index (χ0) is 19.3. The first-order valence-corrected chi connectivity index (χ1v) is 9.51. The van der Waals surface area contributed by atoms with Crippen molar-refractivity contribution in [1.82, 2.24) is 24.7 Å². The van der Waals surface area contributed by atoms with E-state index in [1.54, 1.807) is 36.9 Å². The molecule has 0 aliphatic rings. The van der Waals surface area contributed by atoms with Gasteiger partial charge in [0.1, 0.15) is 12.1 Å². The van der Waals surface area contributed by atoms with Gasteiger partial charge in [-0.1, -0.05) is 17.8 Å². The highest BCUT2D eigenvalue weighted by molar-refractivity contribution is 7.98. The fourth-order valence-corrected chi connectivity index (χ4v) is 3.47. The van der Waals surface area contributed by atoms with Crippen molar-refractivity contribution >= 4 is 11.8 Å². The van der Waals surface area contributed by atoms with Gasteiger partial charge in [-0.3, -0.25) is 9.55 Å². The summed E-state index contributed by atoms with van der Waals surface area (Å²) in [6.45, 7) is 4.41. The van der Waals surface area contributed by atoms with Crippen LogP contribution in [0.3, 0.4) is 0 Å². The van der Waals surface area contributed by atoms with Crippen molar-refractivity contribution in [3.05, 3.63) is 79.2 Å². The van der Waals surface area contributed by atoms with Crippen LogP contribution in [0.1, 0.15) is 5.69 Å². The van der Waals surface area contributed by atoms with Crippen LogP contribution in [-0.2, 0) is 12.3 Å². The minimum atomic E-state index is -0.294. The van der Waals surface area contributed by atoms with Gasteiger partial charge in [0, 0.05) is 35.8 Å². The molecule has 0 N–H and O–H groups in total. The van der Waals surface area contributed by atoms with Crippen LogP contribution in [0.25, 0.3) is 22.8 Å². The molecule has 3 aromatic heterocycles. The molecule has 0 atom stereocenters. The van der Waals surface area contributed by atoms with E-state index in [2.05, 4.69) is 26.7 Å². The molecule has 0 amide bonds. The zero-order valence-corrected chi connectivity index (χ0v) is 15.6. The first-order valence-electron chi connectivity index (χ1n) is 8.52. The van der Waals surface area contributed by atoms with Crippen LogP contribution in [0.4, 0.5) is 4.39 Å². The molecule has 0 bridgehead atoms. The second kappa shape index (κ2) is 8.18. The molecule has 4 aromatic rings. The van der Waals surface area contributed by atoms with Gasteiger partial charge in [-0.25, -0.2) is 9.37 Å². The number of aromatic nitrogens is 5. The normalized spacial score (nSPS) is 10.9. The van der Waals surface area contributed by atoms with E-state index in [9.17, 15) is 4.39 Å². The number of rotatable bonds is 7. The quantitative estimate of drug-likeness (QED) is 0.337. The van der Waals surface area contributed by atoms with Crippen molar-refractivity contribution in [1.29, 1.82) is 0 Å². The van der Waals surface area contributed by atoms with Crippen molar-refractivity contribution in [2.24, 2.45) is 0 Å². The standard InChI is InChI=1S/C20H16FN5OS/c1-2-11-26-18(14-7-9-22-10-8-14)24-25-20(26)28-13-17-12-27-19(23-17)15-3-5-16(21)6-4-15/h2-10,12H,1,11,13H2. The highest BCUT2D eigenvalue weighted by atomic mass is 32.2. The van der Waals surface area contributed by atoms with Gasteiger partial charge in [-0.15, -0.1) is 16.8 Å².